The molecule has 1 saturated heterocycles. The second-order valence-electron chi connectivity index (χ2n) is 16.3. The van der Waals surface area contributed by atoms with Crippen molar-refractivity contribution in [2.45, 2.75) is 224 Å². The molecule has 2 aliphatic rings. The van der Waals surface area contributed by atoms with Crippen molar-refractivity contribution in [3.05, 3.63) is 66.8 Å². The molecule has 2 fully saturated rings. The Kier molecular flexibility index (Phi) is 26.0. The summed E-state index contributed by atoms with van der Waals surface area (Å²) in [5, 5.41) is 0. The van der Waals surface area contributed by atoms with Crippen LogP contribution in [0.25, 0.3) is 0 Å². The van der Waals surface area contributed by atoms with Gasteiger partial charge in [0.25, 0.3) is 0 Å². The molecule has 2 unspecified atom stereocenters. The van der Waals surface area contributed by atoms with E-state index in [2.05, 4.69) is 84.4 Å². The first-order valence-corrected chi connectivity index (χ1v) is 22.8. The summed E-state index contributed by atoms with van der Waals surface area (Å²) >= 11 is 0. The first kappa shape index (κ1) is 45.4. The van der Waals surface area contributed by atoms with Crippen LogP contribution in [-0.2, 0) is 15.9 Å². The Morgan fingerprint density at radius 3 is 1.49 bits per heavy atom. The van der Waals surface area contributed by atoms with Gasteiger partial charge in [-0.2, -0.15) is 0 Å². The molecule has 3 rings (SSSR count). The van der Waals surface area contributed by atoms with Gasteiger partial charge in [-0.1, -0.05) is 140 Å². The van der Waals surface area contributed by atoms with Crippen molar-refractivity contribution in [1.82, 2.24) is 14.9 Å². The summed E-state index contributed by atoms with van der Waals surface area (Å²) in [6, 6.07) is 0.537. The Morgan fingerprint density at radius 1 is 0.623 bits per heavy atom. The third kappa shape index (κ3) is 21.1. The second-order valence-corrected chi connectivity index (χ2v) is 16.3. The summed E-state index contributed by atoms with van der Waals surface area (Å²) in [5.74, 6) is -0.348. The van der Waals surface area contributed by atoms with Crippen molar-refractivity contribution in [2.24, 2.45) is 0 Å². The fourth-order valence-electron chi connectivity index (χ4n) is 8.15. The van der Waals surface area contributed by atoms with Crippen LogP contribution >= 0.6 is 0 Å². The Morgan fingerprint density at radius 2 is 1.06 bits per heavy atom. The number of rotatable bonds is 34. The van der Waals surface area contributed by atoms with E-state index < -0.39 is 0 Å². The molecule has 0 aromatic carbocycles. The molecule has 5 nitrogen and oxygen atoms in total. The predicted molar refractivity (Wildman–Crippen MR) is 228 cm³/mol. The number of aromatic nitrogens is 2. The molecule has 0 bridgehead atoms. The number of imidazole rings is 1. The van der Waals surface area contributed by atoms with Gasteiger partial charge in [-0.15, -0.1) is 0 Å². The molecule has 0 radical (unpaired) electrons. The number of aromatic amines is 1. The topological polar surface area (TPSA) is 50.4 Å². The van der Waals surface area contributed by atoms with Gasteiger partial charge in [-0.3, -0.25) is 0 Å². The zero-order valence-electron chi connectivity index (χ0n) is 34.9. The number of unbranched alkanes of at least 4 members (excludes halogenated alkanes) is 18. The minimum absolute atomic E-state index is 0.254. The van der Waals surface area contributed by atoms with E-state index in [1.54, 1.807) is 6.33 Å². The second kappa shape index (κ2) is 30.3. The number of H-pyrrole nitrogens is 1. The highest BCUT2D eigenvalue weighted by molar-refractivity contribution is 4.99. The summed E-state index contributed by atoms with van der Waals surface area (Å²) in [4.78, 5) is 9.94. The van der Waals surface area contributed by atoms with Gasteiger partial charge in [0.1, 0.15) is 0 Å². The molecular formula is C48H83N3O2. The van der Waals surface area contributed by atoms with Crippen molar-refractivity contribution in [1.29, 1.82) is 0 Å². The summed E-state index contributed by atoms with van der Waals surface area (Å²) in [7, 11) is 2.27. The Labute approximate surface area is 327 Å². The molecular weight excluding hydrogens is 651 g/mol. The minimum atomic E-state index is -0.348. The van der Waals surface area contributed by atoms with Crippen LogP contribution in [0.3, 0.4) is 0 Å². The quantitative estimate of drug-likeness (QED) is 0.0566. The van der Waals surface area contributed by atoms with Crippen molar-refractivity contribution >= 4 is 0 Å². The van der Waals surface area contributed by atoms with Crippen molar-refractivity contribution < 1.29 is 9.47 Å². The maximum atomic E-state index is 6.96. The largest absolute Gasteiger partial charge is 0.348 e. The Balaban J connectivity index is 1.29. The molecule has 1 aliphatic carbocycles. The van der Waals surface area contributed by atoms with Gasteiger partial charge in [0.2, 0.25) is 0 Å². The normalized spacial score (nSPS) is 21.9. The molecule has 2 atom stereocenters. The lowest BCUT2D eigenvalue weighted by Gasteiger charge is -2.32. The van der Waals surface area contributed by atoms with Gasteiger partial charge >= 0.3 is 0 Å². The van der Waals surface area contributed by atoms with Gasteiger partial charge in [-0.05, 0) is 96.9 Å². The van der Waals surface area contributed by atoms with E-state index >= 15 is 0 Å². The number of nitrogens with one attached hydrogen (secondary N) is 1. The monoisotopic (exact) mass is 734 g/mol. The van der Waals surface area contributed by atoms with Crippen LogP contribution in [0.2, 0.25) is 0 Å². The van der Waals surface area contributed by atoms with Crippen LogP contribution in [0, 0.1) is 0 Å². The summed E-state index contributed by atoms with van der Waals surface area (Å²) in [5.41, 5.74) is 1.21. The van der Waals surface area contributed by atoms with Gasteiger partial charge in [0.15, 0.2) is 5.79 Å². The van der Waals surface area contributed by atoms with Crippen LogP contribution in [-0.4, -0.2) is 52.5 Å². The maximum absolute atomic E-state index is 6.96. The van der Waals surface area contributed by atoms with Gasteiger partial charge in [0, 0.05) is 43.7 Å². The van der Waals surface area contributed by atoms with Gasteiger partial charge in [-0.25, -0.2) is 4.98 Å². The summed E-state index contributed by atoms with van der Waals surface area (Å²) < 4.78 is 13.9. The number of likely N-dealkylation sites (N-methyl/N-ethyl adjacent to an activating group) is 1. The maximum Gasteiger partial charge on any atom is 0.169 e. The minimum Gasteiger partial charge on any atom is -0.348 e. The molecule has 1 aromatic rings. The molecule has 0 spiro atoms. The molecule has 2 heterocycles. The third-order valence-electron chi connectivity index (χ3n) is 11.6. The average molecular weight is 734 g/mol. The van der Waals surface area contributed by atoms with Crippen LogP contribution in [0.5, 0.6) is 0 Å². The lowest BCUT2D eigenvalue weighted by Crippen LogP contribution is -2.36. The molecule has 53 heavy (non-hydrogen) atoms. The molecule has 1 saturated carbocycles. The van der Waals surface area contributed by atoms with Gasteiger partial charge < -0.3 is 19.4 Å². The van der Waals surface area contributed by atoms with E-state index in [0.717, 1.165) is 51.5 Å². The predicted octanol–water partition coefficient (Wildman–Crippen LogP) is 13.9. The smallest absolute Gasteiger partial charge is 0.169 e. The van der Waals surface area contributed by atoms with Crippen LogP contribution in [0.1, 0.15) is 199 Å². The average Bonchev–Trinajstić information content (AvgIpc) is 3.90. The molecule has 1 aliphatic heterocycles. The van der Waals surface area contributed by atoms with E-state index in [4.69, 9.17) is 9.47 Å². The number of fused-ring (bicyclic) bond motifs is 1. The zero-order valence-corrected chi connectivity index (χ0v) is 34.9. The molecule has 0 amide bonds. The lowest BCUT2D eigenvalue weighted by atomic mass is 9.98. The number of ether oxygens (including phenoxy) is 2. The van der Waals surface area contributed by atoms with E-state index in [-0.39, 0.29) is 18.0 Å². The Hall–Kier alpha value is -1.95. The first-order valence-electron chi connectivity index (χ1n) is 22.8. The zero-order chi connectivity index (χ0) is 37.5. The highest BCUT2D eigenvalue weighted by Crippen LogP contribution is 2.44. The number of hydrogen-bond acceptors (Lipinski definition) is 4. The fourth-order valence-corrected chi connectivity index (χ4v) is 8.15. The van der Waals surface area contributed by atoms with E-state index in [1.807, 2.05) is 6.20 Å². The summed E-state index contributed by atoms with van der Waals surface area (Å²) in [6.45, 7) is 5.58. The fraction of sp³-hybridized carbons (Fsp3) is 0.771. The SMILES string of the molecule is CCCCCC=CCC=CCCCCCCCCC1(CCCCCCCCC=CCC=CCCCCC)OC2CC(N(C)CCc3cnc[nH]3)CC2O1. The van der Waals surface area contributed by atoms with Crippen molar-refractivity contribution in [3.8, 4) is 0 Å². The van der Waals surface area contributed by atoms with E-state index in [9.17, 15) is 0 Å². The first-order chi connectivity index (χ1) is 26.2. The highest BCUT2D eigenvalue weighted by atomic mass is 16.8. The van der Waals surface area contributed by atoms with Crippen LogP contribution in [0.15, 0.2) is 61.1 Å². The summed E-state index contributed by atoms with van der Waals surface area (Å²) in [6.07, 6.45) is 59.3. The third-order valence-corrected chi connectivity index (χ3v) is 11.6. The molecule has 5 heteroatoms. The molecule has 1 N–H and O–H groups in total. The van der Waals surface area contributed by atoms with E-state index in [1.165, 1.54) is 147 Å². The Bertz CT molecular complexity index is 1030. The van der Waals surface area contributed by atoms with Crippen LogP contribution < -0.4 is 0 Å². The molecule has 1 aromatic heterocycles. The number of hydrogen-bond donors (Lipinski definition) is 1. The highest BCUT2D eigenvalue weighted by Gasteiger charge is 2.51. The van der Waals surface area contributed by atoms with Gasteiger partial charge in [0.05, 0.1) is 18.5 Å². The van der Waals surface area contributed by atoms with Crippen molar-refractivity contribution in [3.63, 3.8) is 0 Å². The van der Waals surface area contributed by atoms with Crippen molar-refractivity contribution in [2.75, 3.05) is 13.6 Å². The van der Waals surface area contributed by atoms with Crippen LogP contribution in [0.4, 0.5) is 0 Å². The lowest BCUT2D eigenvalue weighted by molar-refractivity contribution is -0.193. The standard InChI is InChI=1S/C48H83N3O2/c1-4-6-8-10-12-14-16-18-20-22-24-26-28-30-32-34-37-48(38-35-33-31-29-27-25-23-21-19-17-15-13-11-9-7-5-2)52-46-40-45(41-47(46)53-48)51(3)39-36-44-42-49-43-50-44/h12-15,18-21,42-43,45-47H,4-11,16-17,22-41H2,1-3H3,(H,49,50). The molecule has 302 valence electrons. The number of nitrogens with zero attached hydrogens (tertiary/aromatic N) is 2. The number of allylic oxidation sites excluding steroid dienone is 8. The van der Waals surface area contributed by atoms with E-state index in [0.29, 0.717) is 6.04 Å².